The first-order valence-corrected chi connectivity index (χ1v) is 12.0. The van der Waals surface area contributed by atoms with Crippen molar-refractivity contribution in [2.24, 2.45) is 0 Å². The third-order valence-electron chi connectivity index (χ3n) is 6.89. The molecule has 0 aliphatic heterocycles. The summed E-state index contributed by atoms with van der Waals surface area (Å²) in [5.74, 6) is -0.208. The van der Waals surface area contributed by atoms with Crippen LogP contribution >= 0.6 is 11.6 Å². The van der Waals surface area contributed by atoms with Gasteiger partial charge in [-0.15, -0.1) is 0 Å². The van der Waals surface area contributed by atoms with E-state index in [1.54, 1.807) is 6.20 Å². The maximum Gasteiger partial charge on any atom is 0.276 e. The van der Waals surface area contributed by atoms with Crippen molar-refractivity contribution < 1.29 is 4.79 Å². The quantitative estimate of drug-likeness (QED) is 0.455. The summed E-state index contributed by atoms with van der Waals surface area (Å²) in [5.41, 5.74) is 4.97. The highest BCUT2D eigenvalue weighted by molar-refractivity contribution is 6.31. The van der Waals surface area contributed by atoms with Crippen LogP contribution in [-0.2, 0) is 24.3 Å². The third-order valence-corrected chi connectivity index (χ3v) is 7.26. The van der Waals surface area contributed by atoms with Gasteiger partial charge in [-0.25, -0.2) is 4.68 Å². The van der Waals surface area contributed by atoms with E-state index in [2.05, 4.69) is 27.1 Å². The average molecular weight is 475 g/mol. The number of benzene rings is 2. The van der Waals surface area contributed by atoms with E-state index in [1.165, 1.54) is 15.8 Å². The van der Waals surface area contributed by atoms with E-state index in [1.807, 2.05) is 50.2 Å². The molecule has 2 heterocycles. The molecule has 0 saturated carbocycles. The van der Waals surface area contributed by atoms with Crippen LogP contribution in [0.1, 0.15) is 47.0 Å². The van der Waals surface area contributed by atoms with Crippen LogP contribution in [0.3, 0.4) is 0 Å². The Morgan fingerprint density at radius 1 is 1.12 bits per heavy atom. The van der Waals surface area contributed by atoms with Crippen molar-refractivity contribution >= 4 is 28.3 Å². The largest absolute Gasteiger partial charge is 0.348 e. The summed E-state index contributed by atoms with van der Waals surface area (Å²) in [7, 11) is 0. The van der Waals surface area contributed by atoms with Crippen molar-refractivity contribution in [2.45, 2.75) is 52.2 Å². The molecule has 0 spiro atoms. The predicted molar refractivity (Wildman–Crippen MR) is 134 cm³/mol. The summed E-state index contributed by atoms with van der Waals surface area (Å²) in [4.78, 5) is 26.2. The van der Waals surface area contributed by atoms with Gasteiger partial charge in [-0.1, -0.05) is 54.1 Å². The zero-order valence-corrected chi connectivity index (χ0v) is 20.1. The Labute approximate surface area is 203 Å². The van der Waals surface area contributed by atoms with E-state index in [0.717, 1.165) is 41.6 Å². The molecule has 0 radical (unpaired) electrons. The van der Waals surface area contributed by atoms with Crippen LogP contribution in [0.5, 0.6) is 0 Å². The Balaban J connectivity index is 1.41. The number of nitrogens with one attached hydrogen (secondary N) is 1. The van der Waals surface area contributed by atoms with Gasteiger partial charge in [0.1, 0.15) is 6.54 Å². The van der Waals surface area contributed by atoms with Gasteiger partial charge in [0.2, 0.25) is 5.91 Å². The monoisotopic (exact) mass is 474 g/mol. The number of hydrogen-bond acceptors (Lipinski definition) is 3. The number of aryl methyl sites for hydroxylation is 3. The second-order valence-corrected chi connectivity index (χ2v) is 9.36. The molecule has 34 heavy (non-hydrogen) atoms. The van der Waals surface area contributed by atoms with E-state index >= 15 is 0 Å². The number of fused-ring (bicyclic) bond motifs is 2. The van der Waals surface area contributed by atoms with Crippen LogP contribution in [0.4, 0.5) is 0 Å². The zero-order chi connectivity index (χ0) is 23.8. The molecule has 1 aliphatic carbocycles. The summed E-state index contributed by atoms with van der Waals surface area (Å²) in [6, 6.07) is 15.9. The second-order valence-electron chi connectivity index (χ2n) is 8.96. The molecule has 4 aromatic rings. The Morgan fingerprint density at radius 2 is 1.88 bits per heavy atom. The lowest BCUT2D eigenvalue weighted by Gasteiger charge is -2.26. The minimum absolute atomic E-state index is 0.0300. The molecule has 1 amide bonds. The molecule has 1 aliphatic rings. The molecular weight excluding hydrogens is 448 g/mol. The number of halogens is 1. The van der Waals surface area contributed by atoms with Crippen molar-refractivity contribution in [3.05, 3.63) is 98.2 Å². The van der Waals surface area contributed by atoms with Gasteiger partial charge >= 0.3 is 0 Å². The van der Waals surface area contributed by atoms with Crippen molar-refractivity contribution in [1.82, 2.24) is 19.7 Å². The fourth-order valence-corrected chi connectivity index (χ4v) is 5.27. The van der Waals surface area contributed by atoms with Gasteiger partial charge in [0, 0.05) is 28.3 Å². The lowest BCUT2D eigenvalue weighted by atomic mass is 9.88. The first-order chi connectivity index (χ1) is 16.4. The van der Waals surface area contributed by atoms with E-state index in [-0.39, 0.29) is 24.1 Å². The van der Waals surface area contributed by atoms with Crippen LogP contribution < -0.4 is 10.9 Å². The molecular formula is C27H27ClN4O2. The molecule has 7 heteroatoms. The summed E-state index contributed by atoms with van der Waals surface area (Å²) in [6.45, 7) is 4.36. The number of aromatic nitrogens is 3. The van der Waals surface area contributed by atoms with Crippen molar-refractivity contribution in [1.29, 1.82) is 0 Å². The van der Waals surface area contributed by atoms with Crippen LogP contribution in [0, 0.1) is 13.8 Å². The van der Waals surface area contributed by atoms with Crippen LogP contribution in [0.15, 0.2) is 59.5 Å². The summed E-state index contributed by atoms with van der Waals surface area (Å²) < 4.78 is 3.34. The molecule has 2 aromatic heterocycles. The van der Waals surface area contributed by atoms with Crippen molar-refractivity contribution in [3.63, 3.8) is 0 Å². The van der Waals surface area contributed by atoms with Gasteiger partial charge in [-0.3, -0.25) is 9.59 Å². The summed E-state index contributed by atoms with van der Waals surface area (Å²) in [6.07, 6.45) is 4.65. The van der Waals surface area contributed by atoms with E-state index in [9.17, 15) is 9.59 Å². The van der Waals surface area contributed by atoms with Gasteiger partial charge in [-0.2, -0.15) is 5.10 Å². The minimum atomic E-state index is -0.254. The van der Waals surface area contributed by atoms with Crippen LogP contribution in [0.25, 0.3) is 10.8 Å². The Kier molecular flexibility index (Phi) is 6.00. The Morgan fingerprint density at radius 3 is 2.71 bits per heavy atom. The van der Waals surface area contributed by atoms with Gasteiger partial charge < -0.3 is 9.88 Å². The predicted octanol–water partition coefficient (Wildman–Crippen LogP) is 4.71. The van der Waals surface area contributed by atoms with Crippen molar-refractivity contribution in [3.8, 4) is 0 Å². The summed E-state index contributed by atoms with van der Waals surface area (Å²) >= 11 is 6.37. The molecule has 0 fully saturated rings. The molecule has 0 unspecified atom stereocenters. The standard InChI is InChI=1S/C27H27ClN4O2/c1-17-22-14-29-32(16-25(33)30-24-13-7-10-19-8-3-5-11-21(19)24)27(34)26(22)18(2)31(17)15-20-9-4-6-12-23(20)28/h3-6,8-9,11-12,14,24H,7,10,13,15-16H2,1-2H3,(H,30,33)/t24-/m1/s1. The molecule has 0 bridgehead atoms. The minimum Gasteiger partial charge on any atom is -0.348 e. The zero-order valence-electron chi connectivity index (χ0n) is 19.3. The van der Waals surface area contributed by atoms with Crippen molar-refractivity contribution in [2.75, 3.05) is 0 Å². The Hall–Kier alpha value is -3.38. The lowest BCUT2D eigenvalue weighted by Crippen LogP contribution is -2.36. The third kappa shape index (κ3) is 4.03. The van der Waals surface area contributed by atoms with Gasteiger partial charge in [0.05, 0.1) is 17.6 Å². The molecule has 5 rings (SSSR count). The number of amides is 1. The Bertz CT molecular complexity index is 1450. The van der Waals surface area contributed by atoms with E-state index in [4.69, 9.17) is 11.6 Å². The highest BCUT2D eigenvalue weighted by Gasteiger charge is 2.23. The molecule has 0 saturated heterocycles. The number of carbonyl (C=O) groups is 1. The maximum atomic E-state index is 13.3. The number of carbonyl (C=O) groups excluding carboxylic acids is 1. The topological polar surface area (TPSA) is 68.9 Å². The molecule has 1 N–H and O–H groups in total. The fraction of sp³-hybridized carbons (Fsp3) is 0.296. The number of rotatable bonds is 5. The second kappa shape index (κ2) is 9.11. The summed E-state index contributed by atoms with van der Waals surface area (Å²) in [5, 5.41) is 9.52. The normalized spacial score (nSPS) is 15.3. The molecule has 174 valence electrons. The SMILES string of the molecule is Cc1c2cnn(CC(=O)N[C@@H]3CCCc4ccccc43)c(=O)c2c(C)n1Cc1ccccc1Cl. The number of nitrogens with zero attached hydrogens (tertiary/aromatic N) is 3. The first-order valence-electron chi connectivity index (χ1n) is 11.6. The molecule has 2 aromatic carbocycles. The van der Waals surface area contributed by atoms with Gasteiger partial charge in [0.15, 0.2) is 0 Å². The number of hydrogen-bond donors (Lipinski definition) is 1. The van der Waals surface area contributed by atoms with E-state index in [0.29, 0.717) is 17.0 Å². The first kappa shape index (κ1) is 22.4. The van der Waals surface area contributed by atoms with Gasteiger partial charge in [-0.05, 0) is 55.9 Å². The smallest absolute Gasteiger partial charge is 0.276 e. The molecule has 6 nitrogen and oxygen atoms in total. The van der Waals surface area contributed by atoms with Crippen LogP contribution in [-0.4, -0.2) is 20.3 Å². The maximum absolute atomic E-state index is 13.3. The van der Waals surface area contributed by atoms with E-state index < -0.39 is 0 Å². The highest BCUT2D eigenvalue weighted by atomic mass is 35.5. The van der Waals surface area contributed by atoms with Gasteiger partial charge in [0.25, 0.3) is 5.56 Å². The highest BCUT2D eigenvalue weighted by Crippen LogP contribution is 2.29. The van der Waals surface area contributed by atoms with Crippen LogP contribution in [0.2, 0.25) is 5.02 Å². The fourth-order valence-electron chi connectivity index (χ4n) is 5.07. The average Bonchev–Trinajstić information content (AvgIpc) is 3.07. The molecule has 1 atom stereocenters. The lowest BCUT2D eigenvalue weighted by molar-refractivity contribution is -0.122.